The van der Waals surface area contributed by atoms with E-state index >= 15 is 0 Å². The van der Waals surface area contributed by atoms with Gasteiger partial charge in [0, 0.05) is 22.5 Å². The molecule has 1 aliphatic rings. The maximum Gasteiger partial charge on any atom is 0.147 e. The van der Waals surface area contributed by atoms with Gasteiger partial charge < -0.3 is 5.73 Å². The smallest absolute Gasteiger partial charge is 0.147 e. The van der Waals surface area contributed by atoms with Crippen LogP contribution in [-0.4, -0.2) is 6.54 Å². The van der Waals surface area contributed by atoms with Crippen molar-refractivity contribution >= 4 is 23.2 Å². The lowest BCUT2D eigenvalue weighted by Gasteiger charge is -2.16. The highest BCUT2D eigenvalue weighted by atomic mass is 35.5. The van der Waals surface area contributed by atoms with Crippen LogP contribution in [0.25, 0.3) is 0 Å². The molecular formula is C10H10Cl2FN. The van der Waals surface area contributed by atoms with Crippen molar-refractivity contribution in [1.29, 1.82) is 0 Å². The van der Waals surface area contributed by atoms with E-state index in [-0.39, 0.29) is 10.4 Å². The molecule has 1 nitrogen and oxygen atoms in total. The maximum atomic E-state index is 13.7. The quantitative estimate of drug-likeness (QED) is 0.781. The average molecular weight is 234 g/mol. The second-order valence-electron chi connectivity index (χ2n) is 3.70. The van der Waals surface area contributed by atoms with Gasteiger partial charge >= 0.3 is 0 Å². The fraction of sp³-hybridized carbons (Fsp3) is 0.400. The molecule has 0 unspecified atom stereocenters. The molecule has 0 heterocycles. The molecule has 0 aliphatic heterocycles. The van der Waals surface area contributed by atoms with E-state index in [0.717, 1.165) is 12.8 Å². The van der Waals surface area contributed by atoms with E-state index in [1.54, 1.807) is 6.07 Å². The first-order valence-corrected chi connectivity index (χ1v) is 5.20. The predicted molar refractivity (Wildman–Crippen MR) is 56.4 cm³/mol. The summed E-state index contributed by atoms with van der Waals surface area (Å²) in [5, 5.41) is 0.541. The van der Waals surface area contributed by atoms with Crippen LogP contribution < -0.4 is 5.73 Å². The summed E-state index contributed by atoms with van der Waals surface area (Å²) in [4.78, 5) is 0. The molecule has 0 aromatic heterocycles. The van der Waals surface area contributed by atoms with E-state index < -0.39 is 5.82 Å². The van der Waals surface area contributed by atoms with Crippen molar-refractivity contribution in [3.8, 4) is 0 Å². The summed E-state index contributed by atoms with van der Waals surface area (Å²) in [5.41, 5.74) is 5.86. The zero-order valence-corrected chi connectivity index (χ0v) is 9.00. The van der Waals surface area contributed by atoms with Crippen LogP contribution in [0.4, 0.5) is 4.39 Å². The Morgan fingerprint density at radius 1 is 1.29 bits per heavy atom. The van der Waals surface area contributed by atoms with Crippen LogP contribution in [-0.2, 0) is 5.41 Å². The van der Waals surface area contributed by atoms with Gasteiger partial charge in [0.1, 0.15) is 5.82 Å². The first-order chi connectivity index (χ1) is 6.60. The summed E-state index contributed by atoms with van der Waals surface area (Å²) < 4.78 is 13.7. The minimum absolute atomic E-state index is 0.115. The zero-order chi connectivity index (χ0) is 10.3. The maximum absolute atomic E-state index is 13.7. The molecule has 0 atom stereocenters. The first kappa shape index (κ1) is 10.2. The first-order valence-electron chi connectivity index (χ1n) is 4.45. The van der Waals surface area contributed by atoms with Gasteiger partial charge in [-0.1, -0.05) is 23.2 Å². The van der Waals surface area contributed by atoms with Gasteiger partial charge in [-0.25, -0.2) is 4.39 Å². The Hall–Kier alpha value is -0.310. The van der Waals surface area contributed by atoms with E-state index in [1.165, 1.54) is 6.07 Å². The second kappa shape index (κ2) is 3.37. The third kappa shape index (κ3) is 1.42. The van der Waals surface area contributed by atoms with Crippen molar-refractivity contribution in [2.75, 3.05) is 6.54 Å². The highest BCUT2D eigenvalue weighted by Gasteiger charge is 2.46. The van der Waals surface area contributed by atoms with Gasteiger partial charge in [0.05, 0.1) is 5.02 Å². The molecule has 0 amide bonds. The number of hydrogen-bond donors (Lipinski definition) is 1. The molecule has 0 bridgehead atoms. The van der Waals surface area contributed by atoms with Crippen molar-refractivity contribution < 1.29 is 4.39 Å². The van der Waals surface area contributed by atoms with Crippen molar-refractivity contribution in [1.82, 2.24) is 0 Å². The molecule has 2 rings (SSSR count). The van der Waals surface area contributed by atoms with Gasteiger partial charge in [-0.15, -0.1) is 0 Å². The molecule has 76 valence electrons. The minimum Gasteiger partial charge on any atom is -0.330 e. The average Bonchev–Trinajstić information content (AvgIpc) is 2.93. The molecule has 0 spiro atoms. The van der Waals surface area contributed by atoms with Crippen LogP contribution >= 0.6 is 23.2 Å². The fourth-order valence-electron chi connectivity index (χ4n) is 1.72. The molecule has 1 fully saturated rings. The monoisotopic (exact) mass is 233 g/mol. The summed E-state index contributed by atoms with van der Waals surface area (Å²) >= 11 is 11.7. The van der Waals surface area contributed by atoms with Crippen molar-refractivity contribution in [2.24, 2.45) is 5.73 Å². The topological polar surface area (TPSA) is 26.0 Å². The molecule has 1 aromatic carbocycles. The number of benzene rings is 1. The standard InChI is InChI=1S/C10H10Cl2FN/c11-6-1-2-7(12)9(13)8(6)10(5-14)3-4-10/h1-2H,3-5,14H2. The summed E-state index contributed by atoms with van der Waals surface area (Å²) in [7, 11) is 0. The highest BCUT2D eigenvalue weighted by molar-refractivity contribution is 6.33. The van der Waals surface area contributed by atoms with Gasteiger partial charge in [0.2, 0.25) is 0 Å². The molecule has 1 saturated carbocycles. The predicted octanol–water partition coefficient (Wildman–Crippen LogP) is 3.12. The fourth-order valence-corrected chi connectivity index (χ4v) is 2.22. The van der Waals surface area contributed by atoms with E-state index in [9.17, 15) is 4.39 Å². The van der Waals surface area contributed by atoms with Gasteiger partial charge in [0.15, 0.2) is 0 Å². The minimum atomic E-state index is -0.415. The summed E-state index contributed by atoms with van der Waals surface area (Å²) in [6.45, 7) is 0.421. The Morgan fingerprint density at radius 3 is 2.36 bits per heavy atom. The number of rotatable bonds is 2. The molecule has 14 heavy (non-hydrogen) atoms. The lowest BCUT2D eigenvalue weighted by Crippen LogP contribution is -2.21. The van der Waals surface area contributed by atoms with Crippen LogP contribution in [0, 0.1) is 5.82 Å². The van der Waals surface area contributed by atoms with Gasteiger partial charge in [0.25, 0.3) is 0 Å². The zero-order valence-electron chi connectivity index (χ0n) is 7.49. The Balaban J connectivity index is 2.57. The number of hydrogen-bond acceptors (Lipinski definition) is 1. The van der Waals surface area contributed by atoms with Gasteiger partial charge in [-0.05, 0) is 25.0 Å². The largest absolute Gasteiger partial charge is 0.330 e. The molecule has 4 heteroatoms. The third-order valence-corrected chi connectivity index (χ3v) is 3.43. The Labute approximate surface area is 92.0 Å². The summed E-state index contributed by atoms with van der Waals surface area (Å²) in [6, 6.07) is 3.09. The van der Waals surface area contributed by atoms with E-state index in [2.05, 4.69) is 0 Å². The number of halogens is 3. The molecular weight excluding hydrogens is 224 g/mol. The third-order valence-electron chi connectivity index (χ3n) is 2.82. The summed E-state index contributed by atoms with van der Waals surface area (Å²) in [6.07, 6.45) is 1.78. The molecule has 0 saturated heterocycles. The Morgan fingerprint density at radius 2 is 1.86 bits per heavy atom. The summed E-state index contributed by atoms with van der Waals surface area (Å²) in [5.74, 6) is -0.415. The molecule has 1 aromatic rings. The Bertz CT molecular complexity index is 375. The SMILES string of the molecule is NCC1(c2c(Cl)ccc(Cl)c2F)CC1. The van der Waals surface area contributed by atoms with Crippen LogP contribution in [0.2, 0.25) is 10.0 Å². The van der Waals surface area contributed by atoms with Gasteiger partial charge in [-0.2, -0.15) is 0 Å². The number of nitrogens with two attached hydrogens (primary N) is 1. The van der Waals surface area contributed by atoms with E-state index in [1.807, 2.05) is 0 Å². The lowest BCUT2D eigenvalue weighted by atomic mass is 9.95. The molecule has 0 radical (unpaired) electrons. The van der Waals surface area contributed by atoms with Crippen LogP contribution in [0.15, 0.2) is 12.1 Å². The molecule has 1 aliphatic carbocycles. The highest BCUT2D eigenvalue weighted by Crippen LogP contribution is 2.51. The van der Waals surface area contributed by atoms with Crippen molar-refractivity contribution in [2.45, 2.75) is 18.3 Å². The van der Waals surface area contributed by atoms with E-state index in [4.69, 9.17) is 28.9 Å². The Kier molecular flexibility index (Phi) is 2.46. The van der Waals surface area contributed by atoms with Crippen LogP contribution in [0.1, 0.15) is 18.4 Å². The van der Waals surface area contributed by atoms with Crippen molar-refractivity contribution in [3.63, 3.8) is 0 Å². The second-order valence-corrected chi connectivity index (χ2v) is 4.52. The normalized spacial score (nSPS) is 18.3. The van der Waals surface area contributed by atoms with Crippen molar-refractivity contribution in [3.05, 3.63) is 33.6 Å². The van der Waals surface area contributed by atoms with Crippen LogP contribution in [0.5, 0.6) is 0 Å². The lowest BCUT2D eigenvalue weighted by molar-refractivity contribution is 0.573. The van der Waals surface area contributed by atoms with Gasteiger partial charge in [-0.3, -0.25) is 0 Å². The van der Waals surface area contributed by atoms with Crippen LogP contribution in [0.3, 0.4) is 0 Å². The van der Waals surface area contributed by atoms with E-state index in [0.29, 0.717) is 17.1 Å². The molecule has 2 N–H and O–H groups in total.